The molecule has 0 aliphatic carbocycles. The smallest absolute Gasteiger partial charge is 0.0837 e. The maximum Gasteiger partial charge on any atom is 0.0837 e. The number of aryl methyl sites for hydroxylation is 1. The van der Waals surface area contributed by atoms with Crippen molar-refractivity contribution < 1.29 is 4.74 Å². The summed E-state index contributed by atoms with van der Waals surface area (Å²) in [6, 6.07) is 6.47. The first-order chi connectivity index (χ1) is 9.20. The van der Waals surface area contributed by atoms with Crippen LogP contribution in [-0.2, 0) is 25.0 Å². The van der Waals surface area contributed by atoms with Crippen LogP contribution in [0, 0.1) is 0 Å². The summed E-state index contributed by atoms with van der Waals surface area (Å²) in [6.07, 6.45) is 1.68. The molecule has 3 rings (SSSR count). The maximum atomic E-state index is 6.24. The number of halogens is 1. The molecule has 1 atom stereocenters. The monoisotopic (exact) mass is 277 g/mol. The van der Waals surface area contributed by atoms with Gasteiger partial charge >= 0.3 is 0 Å². The number of aromatic nitrogens is 2. The van der Waals surface area contributed by atoms with E-state index in [9.17, 15) is 0 Å². The quantitative estimate of drug-likeness (QED) is 0.936. The molecule has 1 aromatic heterocycles. The van der Waals surface area contributed by atoms with Gasteiger partial charge in [0.05, 0.1) is 36.2 Å². The molecule has 0 saturated carbocycles. The molecule has 1 aliphatic heterocycles. The third kappa shape index (κ3) is 2.16. The highest BCUT2D eigenvalue weighted by Crippen LogP contribution is 2.30. The molecule has 1 unspecified atom stereocenters. The normalized spacial score (nSPS) is 15.5. The highest BCUT2D eigenvalue weighted by Gasteiger charge is 2.21. The molecule has 2 aromatic rings. The Kier molecular flexibility index (Phi) is 3.31. The Morgan fingerprint density at radius 3 is 2.84 bits per heavy atom. The van der Waals surface area contributed by atoms with Crippen LogP contribution in [0.1, 0.15) is 28.4 Å². The summed E-state index contributed by atoms with van der Waals surface area (Å²) in [4.78, 5) is 0. The summed E-state index contributed by atoms with van der Waals surface area (Å²) in [5.41, 5.74) is 4.69. The maximum absolute atomic E-state index is 6.24. The third-order valence-corrected chi connectivity index (χ3v) is 3.87. The molecule has 0 spiro atoms. The molecule has 0 bridgehead atoms. The van der Waals surface area contributed by atoms with Crippen LogP contribution < -0.4 is 5.32 Å². The van der Waals surface area contributed by atoms with E-state index in [0.29, 0.717) is 18.2 Å². The van der Waals surface area contributed by atoms with E-state index in [1.807, 2.05) is 18.8 Å². The second-order valence-electron chi connectivity index (χ2n) is 4.74. The number of hydrogen-bond donors (Lipinski definition) is 1. The Morgan fingerprint density at radius 1 is 1.37 bits per heavy atom. The van der Waals surface area contributed by atoms with Gasteiger partial charge in [0.2, 0.25) is 0 Å². The van der Waals surface area contributed by atoms with Gasteiger partial charge in [0, 0.05) is 7.05 Å². The van der Waals surface area contributed by atoms with Gasteiger partial charge in [-0.1, -0.05) is 29.8 Å². The number of benzene rings is 1. The van der Waals surface area contributed by atoms with Gasteiger partial charge in [0.25, 0.3) is 0 Å². The average Bonchev–Trinajstić information content (AvgIpc) is 3.00. The van der Waals surface area contributed by atoms with Gasteiger partial charge in [-0.3, -0.25) is 4.68 Å². The summed E-state index contributed by atoms with van der Waals surface area (Å²) in [5.74, 6) is 0. The van der Waals surface area contributed by atoms with Crippen LogP contribution in [0.3, 0.4) is 0 Å². The number of nitrogens with one attached hydrogen (secondary N) is 1. The van der Waals surface area contributed by atoms with Crippen molar-refractivity contribution in [2.75, 3.05) is 7.05 Å². The predicted octanol–water partition coefficient (Wildman–Crippen LogP) is 2.41. The standard InChI is InChI=1S/C14H16ClN3O/c1-16-13(14-12(15)6-17-18(14)2)9-3-4-10-7-19-8-11(10)5-9/h3-6,13,16H,7-8H2,1-2H3. The van der Waals surface area contributed by atoms with Crippen molar-refractivity contribution in [1.29, 1.82) is 0 Å². The Balaban J connectivity index is 2.03. The van der Waals surface area contributed by atoms with Crippen LogP contribution in [-0.4, -0.2) is 16.8 Å². The van der Waals surface area contributed by atoms with Crippen molar-refractivity contribution in [2.24, 2.45) is 7.05 Å². The highest BCUT2D eigenvalue weighted by molar-refractivity contribution is 6.31. The van der Waals surface area contributed by atoms with Crippen molar-refractivity contribution in [3.05, 3.63) is 51.8 Å². The molecule has 1 aromatic carbocycles. The van der Waals surface area contributed by atoms with Crippen molar-refractivity contribution in [3.8, 4) is 0 Å². The second kappa shape index (κ2) is 4.96. The van der Waals surface area contributed by atoms with E-state index in [4.69, 9.17) is 16.3 Å². The van der Waals surface area contributed by atoms with Gasteiger partial charge in [-0.15, -0.1) is 0 Å². The van der Waals surface area contributed by atoms with Gasteiger partial charge in [-0.25, -0.2) is 0 Å². The van der Waals surface area contributed by atoms with E-state index in [-0.39, 0.29) is 6.04 Å². The molecular formula is C14H16ClN3O. The van der Waals surface area contributed by atoms with Crippen molar-refractivity contribution in [2.45, 2.75) is 19.3 Å². The number of nitrogens with zero attached hydrogens (tertiary/aromatic N) is 2. The minimum Gasteiger partial charge on any atom is -0.372 e. The molecule has 100 valence electrons. The van der Waals surface area contributed by atoms with Crippen LogP contribution in [0.2, 0.25) is 5.02 Å². The topological polar surface area (TPSA) is 39.1 Å². The number of ether oxygens (including phenoxy) is 1. The average molecular weight is 278 g/mol. The molecular weight excluding hydrogens is 262 g/mol. The van der Waals surface area contributed by atoms with E-state index < -0.39 is 0 Å². The van der Waals surface area contributed by atoms with Crippen molar-refractivity contribution in [3.63, 3.8) is 0 Å². The first kappa shape index (κ1) is 12.7. The first-order valence-corrected chi connectivity index (χ1v) is 6.62. The zero-order valence-electron chi connectivity index (χ0n) is 11.0. The van der Waals surface area contributed by atoms with Crippen LogP contribution in [0.25, 0.3) is 0 Å². The fourth-order valence-corrected chi connectivity index (χ4v) is 2.85. The summed E-state index contributed by atoms with van der Waals surface area (Å²) in [7, 11) is 3.83. The van der Waals surface area contributed by atoms with E-state index in [1.54, 1.807) is 6.20 Å². The first-order valence-electron chi connectivity index (χ1n) is 6.25. The zero-order chi connectivity index (χ0) is 13.4. The van der Waals surface area contributed by atoms with Crippen LogP contribution in [0.15, 0.2) is 24.4 Å². The second-order valence-corrected chi connectivity index (χ2v) is 5.15. The lowest BCUT2D eigenvalue weighted by atomic mass is 9.99. The van der Waals surface area contributed by atoms with Gasteiger partial charge in [0.15, 0.2) is 0 Å². The predicted molar refractivity (Wildman–Crippen MR) is 74.1 cm³/mol. The Morgan fingerprint density at radius 2 is 2.16 bits per heavy atom. The Labute approximate surface area is 117 Å². The molecule has 4 nitrogen and oxygen atoms in total. The molecule has 0 amide bonds. The molecule has 1 N–H and O–H groups in total. The molecule has 19 heavy (non-hydrogen) atoms. The van der Waals surface area contributed by atoms with Crippen LogP contribution in [0.5, 0.6) is 0 Å². The molecule has 5 heteroatoms. The zero-order valence-corrected chi connectivity index (χ0v) is 11.7. The van der Waals surface area contributed by atoms with Crippen molar-refractivity contribution in [1.82, 2.24) is 15.1 Å². The SMILES string of the molecule is CNC(c1ccc2c(c1)COC2)c1c(Cl)cnn1C. The number of fused-ring (bicyclic) bond motifs is 1. The van der Waals surface area contributed by atoms with E-state index in [1.165, 1.54) is 16.7 Å². The minimum atomic E-state index is 0.0332. The third-order valence-electron chi connectivity index (χ3n) is 3.58. The summed E-state index contributed by atoms with van der Waals surface area (Å²) < 4.78 is 7.27. The van der Waals surface area contributed by atoms with Gasteiger partial charge in [-0.05, 0) is 23.7 Å². The molecule has 0 fully saturated rings. The van der Waals surface area contributed by atoms with Crippen molar-refractivity contribution >= 4 is 11.6 Å². The lowest BCUT2D eigenvalue weighted by molar-refractivity contribution is 0.134. The van der Waals surface area contributed by atoms with E-state index >= 15 is 0 Å². The van der Waals surface area contributed by atoms with E-state index in [0.717, 1.165) is 5.69 Å². The van der Waals surface area contributed by atoms with Gasteiger partial charge in [0.1, 0.15) is 0 Å². The number of rotatable bonds is 3. The van der Waals surface area contributed by atoms with Crippen LogP contribution in [0.4, 0.5) is 0 Å². The Hall–Kier alpha value is -1.36. The molecule has 1 aliphatic rings. The lowest BCUT2D eigenvalue weighted by Gasteiger charge is -2.18. The lowest BCUT2D eigenvalue weighted by Crippen LogP contribution is -2.21. The van der Waals surface area contributed by atoms with Gasteiger partial charge < -0.3 is 10.1 Å². The van der Waals surface area contributed by atoms with Gasteiger partial charge in [-0.2, -0.15) is 5.10 Å². The molecule has 0 radical (unpaired) electrons. The Bertz CT molecular complexity index is 589. The van der Waals surface area contributed by atoms with Crippen LogP contribution >= 0.6 is 11.6 Å². The molecule has 0 saturated heterocycles. The number of hydrogen-bond acceptors (Lipinski definition) is 3. The molecule has 2 heterocycles. The minimum absolute atomic E-state index is 0.0332. The fourth-order valence-electron chi connectivity index (χ4n) is 2.58. The highest BCUT2D eigenvalue weighted by atomic mass is 35.5. The fraction of sp³-hybridized carbons (Fsp3) is 0.357. The summed E-state index contributed by atoms with van der Waals surface area (Å²) >= 11 is 6.24. The summed E-state index contributed by atoms with van der Waals surface area (Å²) in [5, 5.41) is 8.19. The van der Waals surface area contributed by atoms with E-state index in [2.05, 4.69) is 28.6 Å². The largest absolute Gasteiger partial charge is 0.372 e. The summed E-state index contributed by atoms with van der Waals surface area (Å²) in [6.45, 7) is 1.41.